The van der Waals surface area contributed by atoms with Gasteiger partial charge in [0.05, 0.1) is 12.0 Å². The molecule has 34 heavy (non-hydrogen) atoms. The fourth-order valence-electron chi connectivity index (χ4n) is 3.82. The Kier molecular flexibility index (Phi) is 7.71. The predicted molar refractivity (Wildman–Crippen MR) is 130 cm³/mol. The summed E-state index contributed by atoms with van der Waals surface area (Å²) in [5.41, 5.74) is 1.97. The monoisotopic (exact) mass is 509 g/mol. The first-order valence-electron chi connectivity index (χ1n) is 10.9. The van der Waals surface area contributed by atoms with E-state index in [0.717, 1.165) is 15.4 Å². The first kappa shape index (κ1) is 26.1. The molecule has 1 aliphatic rings. The number of amides is 1. The summed E-state index contributed by atoms with van der Waals surface area (Å²) in [7, 11) is -3.08. The quantitative estimate of drug-likeness (QED) is 0.614. The van der Waals surface area contributed by atoms with Crippen LogP contribution in [-0.4, -0.2) is 65.6 Å². The zero-order chi connectivity index (χ0) is 25.3. The lowest BCUT2D eigenvalue weighted by atomic mass is 9.97. The number of rotatable bonds is 7. The number of anilines is 1. The Labute approximate surface area is 201 Å². The number of nitrogens with one attached hydrogen (secondary N) is 1. The molecule has 9 nitrogen and oxygen atoms in total. The van der Waals surface area contributed by atoms with Gasteiger partial charge in [0.25, 0.3) is 0 Å². The largest absolute Gasteiger partial charge is 0.495 e. The second-order valence-corrected chi connectivity index (χ2v) is 12.6. The zero-order valence-corrected chi connectivity index (χ0v) is 21.7. The van der Waals surface area contributed by atoms with Crippen LogP contribution in [0.15, 0.2) is 46.2 Å². The van der Waals surface area contributed by atoms with Crippen molar-refractivity contribution in [2.24, 2.45) is 5.92 Å². The molecule has 0 bridgehead atoms. The van der Waals surface area contributed by atoms with E-state index < -0.39 is 20.0 Å². The molecule has 1 N–H and O–H groups in total. The van der Waals surface area contributed by atoms with Gasteiger partial charge in [0.1, 0.15) is 10.6 Å². The van der Waals surface area contributed by atoms with E-state index in [1.54, 1.807) is 31.2 Å². The van der Waals surface area contributed by atoms with Crippen molar-refractivity contribution in [3.8, 4) is 5.75 Å². The molecule has 2 aromatic rings. The molecule has 0 unspecified atom stereocenters. The van der Waals surface area contributed by atoms with Crippen LogP contribution in [0.2, 0.25) is 0 Å². The number of methoxy groups -OCH3 is 1. The van der Waals surface area contributed by atoms with Crippen molar-refractivity contribution < 1.29 is 26.4 Å². The molecule has 1 fully saturated rings. The van der Waals surface area contributed by atoms with Crippen molar-refractivity contribution >= 4 is 31.6 Å². The summed E-state index contributed by atoms with van der Waals surface area (Å²) in [5, 5.41) is 2.83. The normalized spacial score (nSPS) is 15.9. The third kappa shape index (κ3) is 5.27. The van der Waals surface area contributed by atoms with Gasteiger partial charge in [0, 0.05) is 38.8 Å². The summed E-state index contributed by atoms with van der Waals surface area (Å²) in [6.45, 7) is 4.00. The second-order valence-electron chi connectivity index (χ2n) is 8.59. The van der Waals surface area contributed by atoms with E-state index in [-0.39, 0.29) is 40.5 Å². The molecule has 0 aliphatic carbocycles. The van der Waals surface area contributed by atoms with E-state index in [9.17, 15) is 21.6 Å². The summed E-state index contributed by atoms with van der Waals surface area (Å²) in [4.78, 5) is 13.1. The summed E-state index contributed by atoms with van der Waals surface area (Å²) < 4.78 is 59.0. The molecule has 1 aliphatic heterocycles. The third-order valence-corrected chi connectivity index (χ3v) is 9.74. The molecule has 11 heteroatoms. The van der Waals surface area contributed by atoms with Crippen molar-refractivity contribution in [1.29, 1.82) is 0 Å². The lowest BCUT2D eigenvalue weighted by Crippen LogP contribution is -2.41. The highest BCUT2D eigenvalue weighted by molar-refractivity contribution is 7.89. The van der Waals surface area contributed by atoms with E-state index in [2.05, 4.69) is 5.32 Å². The molecular weight excluding hydrogens is 478 g/mol. The van der Waals surface area contributed by atoms with Gasteiger partial charge in [0.2, 0.25) is 26.0 Å². The van der Waals surface area contributed by atoms with Crippen molar-refractivity contribution in [3.63, 3.8) is 0 Å². The van der Waals surface area contributed by atoms with Gasteiger partial charge in [-0.3, -0.25) is 4.79 Å². The lowest BCUT2D eigenvalue weighted by molar-refractivity contribution is -0.120. The highest BCUT2D eigenvalue weighted by Gasteiger charge is 2.34. The number of carbonyl (C=O) groups excluding carboxylic acids is 1. The SMILES string of the molecule is COc1ccc(C)cc1S(=O)(=O)N1CCC(C(=O)Nc2cc(S(=O)(=O)N(C)C)ccc2C)CC1. The number of nitrogens with zero attached hydrogens (tertiary/aromatic N) is 2. The Morgan fingerprint density at radius 1 is 1.03 bits per heavy atom. The lowest BCUT2D eigenvalue weighted by Gasteiger charge is -2.31. The minimum absolute atomic E-state index is 0.0893. The van der Waals surface area contributed by atoms with Crippen LogP contribution in [-0.2, 0) is 24.8 Å². The number of benzene rings is 2. The van der Waals surface area contributed by atoms with Crippen molar-refractivity contribution in [3.05, 3.63) is 47.5 Å². The number of hydrogen-bond acceptors (Lipinski definition) is 6. The molecule has 1 heterocycles. The number of ether oxygens (including phenoxy) is 1. The van der Waals surface area contributed by atoms with E-state index in [1.807, 2.05) is 6.92 Å². The zero-order valence-electron chi connectivity index (χ0n) is 20.0. The average molecular weight is 510 g/mol. The molecule has 0 spiro atoms. The maximum absolute atomic E-state index is 13.2. The predicted octanol–water partition coefficient (Wildman–Crippen LogP) is 2.60. The van der Waals surface area contributed by atoms with E-state index in [1.165, 1.54) is 37.6 Å². The summed E-state index contributed by atoms with van der Waals surface area (Å²) in [5.74, 6) is -0.361. The summed E-state index contributed by atoms with van der Waals surface area (Å²) >= 11 is 0. The van der Waals surface area contributed by atoms with E-state index in [4.69, 9.17) is 4.74 Å². The Morgan fingerprint density at radius 3 is 2.26 bits per heavy atom. The van der Waals surface area contributed by atoms with Gasteiger partial charge in [-0.15, -0.1) is 0 Å². The Balaban J connectivity index is 1.72. The van der Waals surface area contributed by atoms with Crippen LogP contribution in [0.1, 0.15) is 24.0 Å². The summed E-state index contributed by atoms with van der Waals surface area (Å²) in [6.07, 6.45) is 0.710. The molecule has 2 aromatic carbocycles. The van der Waals surface area contributed by atoms with Crippen molar-refractivity contribution in [2.45, 2.75) is 36.5 Å². The fourth-order valence-corrected chi connectivity index (χ4v) is 6.46. The van der Waals surface area contributed by atoms with Gasteiger partial charge in [-0.05, 0) is 62.1 Å². The van der Waals surface area contributed by atoms with E-state index in [0.29, 0.717) is 18.5 Å². The van der Waals surface area contributed by atoms with Gasteiger partial charge in [-0.1, -0.05) is 12.1 Å². The van der Waals surface area contributed by atoms with Crippen LogP contribution < -0.4 is 10.1 Å². The van der Waals surface area contributed by atoms with Gasteiger partial charge in [-0.2, -0.15) is 4.31 Å². The van der Waals surface area contributed by atoms with Gasteiger partial charge in [0.15, 0.2) is 0 Å². The van der Waals surface area contributed by atoms with Crippen LogP contribution in [0.4, 0.5) is 5.69 Å². The molecule has 186 valence electrons. The first-order valence-corrected chi connectivity index (χ1v) is 13.7. The fraction of sp³-hybridized carbons (Fsp3) is 0.435. The average Bonchev–Trinajstić information content (AvgIpc) is 2.80. The molecule has 0 saturated carbocycles. The third-order valence-electron chi connectivity index (χ3n) is 6.01. The number of carbonyl (C=O) groups is 1. The van der Waals surface area contributed by atoms with Crippen molar-refractivity contribution in [1.82, 2.24) is 8.61 Å². The molecule has 1 saturated heterocycles. The summed E-state index contributed by atoms with van der Waals surface area (Å²) in [6, 6.07) is 9.61. The van der Waals surface area contributed by atoms with Crippen LogP contribution in [0, 0.1) is 19.8 Å². The maximum Gasteiger partial charge on any atom is 0.246 e. The van der Waals surface area contributed by atoms with Gasteiger partial charge >= 0.3 is 0 Å². The minimum atomic E-state index is -3.77. The van der Waals surface area contributed by atoms with Crippen LogP contribution in [0.5, 0.6) is 5.75 Å². The molecular formula is C23H31N3O6S2. The Bertz CT molecular complexity index is 1280. The minimum Gasteiger partial charge on any atom is -0.495 e. The van der Waals surface area contributed by atoms with Gasteiger partial charge in [-0.25, -0.2) is 21.1 Å². The number of aryl methyl sites for hydroxylation is 2. The highest BCUT2D eigenvalue weighted by atomic mass is 32.2. The molecule has 3 rings (SSSR count). The van der Waals surface area contributed by atoms with Gasteiger partial charge < -0.3 is 10.1 Å². The molecule has 0 aromatic heterocycles. The van der Waals surface area contributed by atoms with Crippen LogP contribution in [0.3, 0.4) is 0 Å². The maximum atomic E-state index is 13.2. The Hall–Kier alpha value is -2.47. The van der Waals surface area contributed by atoms with Crippen molar-refractivity contribution in [2.75, 3.05) is 39.6 Å². The van der Waals surface area contributed by atoms with Crippen LogP contribution >= 0.6 is 0 Å². The number of piperidine rings is 1. The number of sulfonamides is 2. The number of hydrogen-bond donors (Lipinski definition) is 1. The first-order chi connectivity index (χ1) is 15.9. The van der Waals surface area contributed by atoms with Crippen LogP contribution in [0.25, 0.3) is 0 Å². The molecule has 0 radical (unpaired) electrons. The highest BCUT2D eigenvalue weighted by Crippen LogP contribution is 2.31. The molecule has 1 amide bonds. The second kappa shape index (κ2) is 10.0. The standard InChI is InChI=1S/C23H31N3O6S2/c1-16-6-9-21(32-5)22(14-16)34(30,31)26-12-10-18(11-13-26)23(27)24-20-15-19(8-7-17(20)2)33(28,29)25(3)4/h6-9,14-15,18H,10-13H2,1-5H3,(H,24,27). The molecule has 0 atom stereocenters. The smallest absolute Gasteiger partial charge is 0.246 e. The van der Waals surface area contributed by atoms with E-state index >= 15 is 0 Å². The topological polar surface area (TPSA) is 113 Å². The Morgan fingerprint density at radius 2 is 1.68 bits per heavy atom.